The molecule has 1 aromatic carbocycles. The van der Waals surface area contributed by atoms with Gasteiger partial charge in [-0.05, 0) is 37.3 Å². The Morgan fingerprint density at radius 1 is 1.19 bits per heavy atom. The van der Waals surface area contributed by atoms with Crippen LogP contribution in [-0.2, 0) is 0 Å². The molecule has 0 unspecified atom stereocenters. The first-order chi connectivity index (χ1) is 10.1. The number of carbonyl (C=O) groups is 1. The van der Waals surface area contributed by atoms with Crippen molar-refractivity contribution in [2.45, 2.75) is 6.92 Å². The molecule has 2 aromatic heterocycles. The number of anilines is 1. The predicted octanol–water partition coefficient (Wildman–Crippen LogP) is 3.84. The largest absolute Gasteiger partial charge is 0.320 e. The molecule has 0 saturated heterocycles. The summed E-state index contributed by atoms with van der Waals surface area (Å²) in [5, 5.41) is 4.23. The summed E-state index contributed by atoms with van der Waals surface area (Å²) in [6.45, 7) is 1.80. The van der Waals surface area contributed by atoms with Gasteiger partial charge in [0.2, 0.25) is 0 Å². The second kappa shape index (κ2) is 5.50. The number of benzene rings is 1. The molecule has 3 aromatic rings. The van der Waals surface area contributed by atoms with Gasteiger partial charge in [0.05, 0.1) is 16.9 Å². The second-order valence-electron chi connectivity index (χ2n) is 4.63. The Kier molecular flexibility index (Phi) is 3.54. The Morgan fingerprint density at radius 2 is 2.05 bits per heavy atom. The van der Waals surface area contributed by atoms with E-state index in [1.54, 1.807) is 37.4 Å². The molecule has 0 aliphatic rings. The molecule has 4 nitrogen and oxygen atoms in total. The smallest absolute Gasteiger partial charge is 0.255 e. The second-order valence-corrected chi connectivity index (χ2v) is 5.02. The molecule has 0 spiro atoms. The van der Waals surface area contributed by atoms with Crippen molar-refractivity contribution < 1.29 is 4.79 Å². The fraction of sp³-hybridized carbons (Fsp3) is 0.0625. The van der Waals surface area contributed by atoms with Gasteiger partial charge in [0.25, 0.3) is 5.91 Å². The van der Waals surface area contributed by atoms with E-state index in [4.69, 9.17) is 11.6 Å². The summed E-state index contributed by atoms with van der Waals surface area (Å²) in [6.07, 6.45) is 1.71. The van der Waals surface area contributed by atoms with Crippen molar-refractivity contribution in [2.75, 3.05) is 5.32 Å². The van der Waals surface area contributed by atoms with Crippen LogP contribution >= 0.6 is 11.6 Å². The molecule has 21 heavy (non-hydrogen) atoms. The minimum atomic E-state index is -0.199. The van der Waals surface area contributed by atoms with Crippen molar-refractivity contribution >= 4 is 34.1 Å². The zero-order valence-electron chi connectivity index (χ0n) is 11.3. The lowest BCUT2D eigenvalue weighted by Gasteiger charge is -2.08. The van der Waals surface area contributed by atoms with E-state index in [0.717, 1.165) is 10.9 Å². The quantitative estimate of drug-likeness (QED) is 0.731. The summed E-state index contributed by atoms with van der Waals surface area (Å²) in [5.41, 5.74) is 2.66. The van der Waals surface area contributed by atoms with Gasteiger partial charge in [0, 0.05) is 17.1 Å². The molecule has 0 saturated carbocycles. The van der Waals surface area contributed by atoms with Gasteiger partial charge in [0.1, 0.15) is 5.15 Å². The van der Waals surface area contributed by atoms with Crippen LogP contribution in [-0.4, -0.2) is 15.9 Å². The molecular formula is C16H12ClN3O. The number of nitrogens with one attached hydrogen (secondary N) is 1. The van der Waals surface area contributed by atoms with Gasteiger partial charge in [-0.2, -0.15) is 0 Å². The van der Waals surface area contributed by atoms with Gasteiger partial charge < -0.3 is 5.32 Å². The maximum atomic E-state index is 12.3. The van der Waals surface area contributed by atoms with Gasteiger partial charge in [-0.3, -0.25) is 9.78 Å². The fourth-order valence-corrected chi connectivity index (χ4v) is 2.25. The minimum Gasteiger partial charge on any atom is -0.320 e. The predicted molar refractivity (Wildman–Crippen MR) is 83.7 cm³/mol. The Bertz CT molecular complexity index is 833. The van der Waals surface area contributed by atoms with E-state index in [-0.39, 0.29) is 5.91 Å². The van der Waals surface area contributed by atoms with E-state index >= 15 is 0 Å². The first kappa shape index (κ1) is 13.5. The molecule has 3 rings (SSSR count). The van der Waals surface area contributed by atoms with Crippen LogP contribution in [0.25, 0.3) is 10.9 Å². The van der Waals surface area contributed by atoms with Gasteiger partial charge in [-0.15, -0.1) is 0 Å². The van der Waals surface area contributed by atoms with Crippen LogP contribution in [0.1, 0.15) is 16.1 Å². The van der Waals surface area contributed by atoms with Crippen molar-refractivity contribution in [3.63, 3.8) is 0 Å². The molecule has 2 heterocycles. The number of aryl methyl sites for hydroxylation is 1. The van der Waals surface area contributed by atoms with Gasteiger partial charge in [-0.1, -0.05) is 23.7 Å². The Labute approximate surface area is 126 Å². The zero-order valence-corrected chi connectivity index (χ0v) is 12.1. The van der Waals surface area contributed by atoms with Crippen molar-refractivity contribution in [1.29, 1.82) is 0 Å². The Morgan fingerprint density at radius 3 is 2.86 bits per heavy atom. The fourth-order valence-electron chi connectivity index (χ4n) is 2.06. The summed E-state index contributed by atoms with van der Waals surface area (Å²) in [5.74, 6) is -0.199. The van der Waals surface area contributed by atoms with Crippen molar-refractivity contribution in [3.8, 4) is 0 Å². The monoisotopic (exact) mass is 297 g/mol. The molecule has 5 heteroatoms. The summed E-state index contributed by atoms with van der Waals surface area (Å²) in [4.78, 5) is 20.7. The van der Waals surface area contributed by atoms with Crippen LogP contribution in [0, 0.1) is 6.92 Å². The third-order valence-corrected chi connectivity index (χ3v) is 3.38. The number of hydrogen-bond acceptors (Lipinski definition) is 3. The average Bonchev–Trinajstić information content (AvgIpc) is 2.49. The first-order valence-corrected chi connectivity index (χ1v) is 6.80. The van der Waals surface area contributed by atoms with Gasteiger partial charge >= 0.3 is 0 Å². The highest BCUT2D eigenvalue weighted by Crippen LogP contribution is 2.18. The summed E-state index contributed by atoms with van der Waals surface area (Å²) < 4.78 is 0. The third kappa shape index (κ3) is 2.85. The standard InChI is InChI=1S/C16H12ClN3O/c1-10-13(6-7-15(17)19-10)20-16(21)12-5-4-11-3-2-8-18-14(11)9-12/h2-9H,1H3,(H,20,21). The number of fused-ring (bicyclic) bond motifs is 1. The molecule has 0 radical (unpaired) electrons. The minimum absolute atomic E-state index is 0.199. The number of carbonyl (C=O) groups excluding carboxylic acids is 1. The number of amides is 1. The van der Waals surface area contributed by atoms with E-state index in [1.807, 2.05) is 18.2 Å². The van der Waals surface area contributed by atoms with E-state index in [9.17, 15) is 4.79 Å². The molecule has 0 bridgehead atoms. The summed E-state index contributed by atoms with van der Waals surface area (Å²) in [7, 11) is 0. The van der Waals surface area contributed by atoms with E-state index in [2.05, 4.69) is 15.3 Å². The number of aromatic nitrogens is 2. The summed E-state index contributed by atoms with van der Waals surface area (Å²) >= 11 is 5.80. The normalized spacial score (nSPS) is 10.6. The lowest BCUT2D eigenvalue weighted by atomic mass is 10.1. The molecule has 0 aliphatic carbocycles. The van der Waals surface area contributed by atoms with Gasteiger partial charge in [-0.25, -0.2) is 4.98 Å². The molecule has 104 valence electrons. The maximum absolute atomic E-state index is 12.3. The van der Waals surface area contributed by atoms with Crippen molar-refractivity contribution in [2.24, 2.45) is 0 Å². The van der Waals surface area contributed by atoms with Crippen LogP contribution < -0.4 is 5.32 Å². The van der Waals surface area contributed by atoms with E-state index in [1.165, 1.54) is 0 Å². The Balaban J connectivity index is 1.89. The number of halogens is 1. The van der Waals surface area contributed by atoms with Crippen LogP contribution in [0.5, 0.6) is 0 Å². The maximum Gasteiger partial charge on any atom is 0.255 e. The highest BCUT2D eigenvalue weighted by atomic mass is 35.5. The highest BCUT2D eigenvalue weighted by molar-refractivity contribution is 6.29. The Hall–Kier alpha value is -2.46. The first-order valence-electron chi connectivity index (χ1n) is 6.43. The lowest BCUT2D eigenvalue weighted by molar-refractivity contribution is 0.102. The molecule has 0 atom stereocenters. The number of pyridine rings is 2. The molecule has 1 amide bonds. The van der Waals surface area contributed by atoms with Crippen LogP contribution in [0.15, 0.2) is 48.7 Å². The topological polar surface area (TPSA) is 54.9 Å². The molecular weight excluding hydrogens is 286 g/mol. The van der Waals surface area contributed by atoms with E-state index < -0.39 is 0 Å². The molecule has 0 aliphatic heterocycles. The van der Waals surface area contributed by atoms with Crippen LogP contribution in [0.2, 0.25) is 5.15 Å². The number of nitrogens with zero attached hydrogens (tertiary/aromatic N) is 2. The number of rotatable bonds is 2. The van der Waals surface area contributed by atoms with E-state index in [0.29, 0.717) is 22.1 Å². The lowest BCUT2D eigenvalue weighted by Crippen LogP contribution is -2.13. The SMILES string of the molecule is Cc1nc(Cl)ccc1NC(=O)c1ccc2cccnc2c1. The third-order valence-electron chi connectivity index (χ3n) is 3.17. The van der Waals surface area contributed by atoms with Crippen LogP contribution in [0.4, 0.5) is 5.69 Å². The molecule has 0 fully saturated rings. The zero-order chi connectivity index (χ0) is 14.8. The molecule has 1 N–H and O–H groups in total. The highest BCUT2D eigenvalue weighted by Gasteiger charge is 2.09. The van der Waals surface area contributed by atoms with Gasteiger partial charge in [0.15, 0.2) is 0 Å². The number of hydrogen-bond donors (Lipinski definition) is 1. The van der Waals surface area contributed by atoms with Crippen molar-refractivity contribution in [1.82, 2.24) is 9.97 Å². The van der Waals surface area contributed by atoms with Crippen molar-refractivity contribution in [3.05, 3.63) is 65.1 Å². The van der Waals surface area contributed by atoms with Crippen LogP contribution in [0.3, 0.4) is 0 Å². The average molecular weight is 298 g/mol. The summed E-state index contributed by atoms with van der Waals surface area (Å²) in [6, 6.07) is 12.6.